The lowest BCUT2D eigenvalue weighted by molar-refractivity contribution is 0.393. The number of pyridine rings is 1. The van der Waals surface area contributed by atoms with Crippen LogP contribution < -0.4 is 10.3 Å². The van der Waals surface area contributed by atoms with Crippen LogP contribution in [0.3, 0.4) is 0 Å². The van der Waals surface area contributed by atoms with Crippen LogP contribution in [0.2, 0.25) is 0 Å². The number of thioether (sulfide) groups is 1. The third kappa shape index (κ3) is 3.52. The maximum Gasteiger partial charge on any atom is 0.265 e. The van der Waals surface area contributed by atoms with Gasteiger partial charge in [0.1, 0.15) is 11.7 Å². The molecule has 0 aliphatic carbocycles. The summed E-state index contributed by atoms with van der Waals surface area (Å²) in [5.41, 5.74) is 3.08. The normalized spacial score (nSPS) is 10.7. The highest BCUT2D eigenvalue weighted by atomic mass is 79.9. The molecule has 2 rings (SSSR count). The Hall–Kier alpha value is -1.20. The fraction of sp³-hybridized carbons (Fsp3) is 0.312. The first-order valence-electron chi connectivity index (χ1n) is 6.70. The minimum atomic E-state index is -0.00268. The Bertz CT molecular complexity index is 697. The molecule has 0 bridgehead atoms. The highest BCUT2D eigenvalue weighted by Crippen LogP contribution is 2.27. The summed E-state index contributed by atoms with van der Waals surface area (Å²) in [5.74, 6) is 1.49. The summed E-state index contributed by atoms with van der Waals surface area (Å²) in [5, 5.41) is 0. The molecule has 0 unspecified atom stereocenters. The van der Waals surface area contributed by atoms with Crippen molar-refractivity contribution >= 4 is 27.7 Å². The van der Waals surface area contributed by atoms with Gasteiger partial charge in [0.15, 0.2) is 0 Å². The lowest BCUT2D eigenvalue weighted by Crippen LogP contribution is -2.21. The van der Waals surface area contributed by atoms with Gasteiger partial charge in [0.25, 0.3) is 5.56 Å². The second kappa shape index (κ2) is 7.18. The zero-order valence-corrected chi connectivity index (χ0v) is 14.8. The van der Waals surface area contributed by atoms with E-state index in [1.54, 1.807) is 22.4 Å². The van der Waals surface area contributed by atoms with Gasteiger partial charge in [0.2, 0.25) is 0 Å². The van der Waals surface area contributed by atoms with Gasteiger partial charge in [-0.3, -0.25) is 4.79 Å². The quantitative estimate of drug-likeness (QED) is 0.738. The maximum absolute atomic E-state index is 12.2. The van der Waals surface area contributed by atoms with Gasteiger partial charge < -0.3 is 9.30 Å². The summed E-state index contributed by atoms with van der Waals surface area (Å²) in [6.07, 6.45) is 2.00. The first-order valence-corrected chi connectivity index (χ1v) is 8.89. The van der Waals surface area contributed by atoms with E-state index in [1.165, 1.54) is 0 Å². The van der Waals surface area contributed by atoms with Crippen molar-refractivity contribution in [2.75, 3.05) is 12.2 Å². The number of halogens is 1. The van der Waals surface area contributed by atoms with Gasteiger partial charge in [0.05, 0.1) is 10.2 Å². The average Bonchev–Trinajstić information content (AvgIpc) is 2.48. The predicted octanol–water partition coefficient (Wildman–Crippen LogP) is 4.31. The Kier molecular flexibility index (Phi) is 5.53. The van der Waals surface area contributed by atoms with Crippen molar-refractivity contribution in [2.24, 2.45) is 0 Å². The smallest absolute Gasteiger partial charge is 0.265 e. The Morgan fingerprint density at radius 2 is 2.05 bits per heavy atom. The van der Waals surface area contributed by atoms with Crippen molar-refractivity contribution in [2.45, 2.75) is 20.4 Å². The number of hydrogen-bond donors (Lipinski definition) is 0. The molecule has 1 heterocycles. The third-order valence-electron chi connectivity index (χ3n) is 3.26. The molecule has 21 heavy (non-hydrogen) atoms. The second-order valence-corrected chi connectivity index (χ2v) is 6.31. The van der Waals surface area contributed by atoms with Crippen LogP contribution >= 0.6 is 27.7 Å². The van der Waals surface area contributed by atoms with Gasteiger partial charge in [-0.15, -0.1) is 11.8 Å². The summed E-state index contributed by atoms with van der Waals surface area (Å²) in [6.45, 7) is 4.65. The van der Waals surface area contributed by atoms with Crippen molar-refractivity contribution in [1.82, 2.24) is 4.57 Å². The topological polar surface area (TPSA) is 31.2 Å². The molecule has 0 saturated carbocycles. The molecule has 0 saturated heterocycles. The zero-order chi connectivity index (χ0) is 15.4. The van der Waals surface area contributed by atoms with Crippen LogP contribution in [0.15, 0.2) is 39.6 Å². The van der Waals surface area contributed by atoms with Crippen LogP contribution in [-0.2, 0) is 6.54 Å². The summed E-state index contributed by atoms with van der Waals surface area (Å²) >= 11 is 4.94. The Morgan fingerprint density at radius 1 is 1.29 bits per heavy atom. The van der Waals surface area contributed by atoms with E-state index in [9.17, 15) is 4.79 Å². The van der Waals surface area contributed by atoms with Crippen LogP contribution in [0.4, 0.5) is 0 Å². The SMILES string of the molecule is CCn1c(-c2ccc(OCSC)cc2C)ccc(Br)c1=O. The van der Waals surface area contributed by atoms with Crippen LogP contribution in [0.25, 0.3) is 11.3 Å². The fourth-order valence-corrected chi connectivity index (χ4v) is 2.84. The summed E-state index contributed by atoms with van der Waals surface area (Å²) < 4.78 is 7.97. The van der Waals surface area contributed by atoms with Gasteiger partial charge in [-0.1, -0.05) is 0 Å². The number of benzene rings is 1. The molecule has 1 aromatic carbocycles. The first-order chi connectivity index (χ1) is 10.1. The Morgan fingerprint density at radius 3 is 2.67 bits per heavy atom. The van der Waals surface area contributed by atoms with E-state index in [0.29, 0.717) is 17.0 Å². The summed E-state index contributed by atoms with van der Waals surface area (Å²) in [4.78, 5) is 12.2. The number of ether oxygens (including phenoxy) is 1. The van der Waals surface area contributed by atoms with Crippen molar-refractivity contribution in [1.29, 1.82) is 0 Å². The molecule has 0 aliphatic rings. The molecule has 0 atom stereocenters. The minimum absolute atomic E-state index is 0.00268. The molecular weight excluding hydrogens is 350 g/mol. The number of aryl methyl sites for hydroxylation is 1. The summed E-state index contributed by atoms with van der Waals surface area (Å²) in [6, 6.07) is 9.75. The van der Waals surface area contributed by atoms with Crippen LogP contribution in [0.1, 0.15) is 12.5 Å². The monoisotopic (exact) mass is 367 g/mol. The van der Waals surface area contributed by atoms with Gasteiger partial charge in [-0.2, -0.15) is 0 Å². The molecule has 1 aromatic heterocycles. The van der Waals surface area contributed by atoms with E-state index >= 15 is 0 Å². The largest absolute Gasteiger partial charge is 0.483 e. The number of nitrogens with zero attached hydrogens (tertiary/aromatic N) is 1. The highest BCUT2D eigenvalue weighted by Gasteiger charge is 2.10. The van der Waals surface area contributed by atoms with E-state index in [-0.39, 0.29) is 5.56 Å². The highest BCUT2D eigenvalue weighted by molar-refractivity contribution is 9.10. The van der Waals surface area contributed by atoms with Gasteiger partial charge in [0, 0.05) is 12.1 Å². The minimum Gasteiger partial charge on any atom is -0.483 e. The van der Waals surface area contributed by atoms with E-state index in [0.717, 1.165) is 22.6 Å². The van der Waals surface area contributed by atoms with Gasteiger partial charge in [-0.05, 0) is 71.9 Å². The molecule has 0 N–H and O–H groups in total. The lowest BCUT2D eigenvalue weighted by Gasteiger charge is -2.14. The van der Waals surface area contributed by atoms with Crippen LogP contribution in [0, 0.1) is 6.92 Å². The number of rotatable bonds is 5. The van der Waals surface area contributed by atoms with Crippen molar-refractivity contribution < 1.29 is 4.74 Å². The standard InChI is InChI=1S/C16H18BrNO2S/c1-4-18-15(8-7-14(17)16(18)19)13-6-5-12(9-11(13)2)20-10-21-3/h5-9H,4,10H2,1-3H3. The molecule has 5 heteroatoms. The van der Waals surface area contributed by atoms with E-state index in [1.807, 2.05) is 44.4 Å². The second-order valence-electron chi connectivity index (χ2n) is 4.64. The summed E-state index contributed by atoms with van der Waals surface area (Å²) in [7, 11) is 0. The molecular formula is C16H18BrNO2S. The molecule has 0 radical (unpaired) electrons. The van der Waals surface area contributed by atoms with E-state index in [2.05, 4.69) is 15.9 Å². The van der Waals surface area contributed by atoms with Crippen LogP contribution in [0.5, 0.6) is 5.75 Å². The Balaban J connectivity index is 2.48. The van der Waals surface area contributed by atoms with Crippen LogP contribution in [-0.4, -0.2) is 16.8 Å². The van der Waals surface area contributed by atoms with E-state index in [4.69, 9.17) is 4.74 Å². The molecule has 2 aromatic rings. The lowest BCUT2D eigenvalue weighted by atomic mass is 10.0. The maximum atomic E-state index is 12.2. The number of aromatic nitrogens is 1. The van der Waals surface area contributed by atoms with Gasteiger partial charge in [-0.25, -0.2) is 0 Å². The zero-order valence-electron chi connectivity index (χ0n) is 12.4. The molecule has 0 aliphatic heterocycles. The van der Waals surface area contributed by atoms with Crippen molar-refractivity contribution in [3.05, 3.63) is 50.7 Å². The number of hydrogen-bond acceptors (Lipinski definition) is 3. The third-order valence-corrected chi connectivity index (χ3v) is 4.22. The molecule has 0 spiro atoms. The predicted molar refractivity (Wildman–Crippen MR) is 93.3 cm³/mol. The first kappa shape index (κ1) is 16.2. The molecule has 3 nitrogen and oxygen atoms in total. The molecule has 0 fully saturated rings. The van der Waals surface area contributed by atoms with Gasteiger partial charge >= 0.3 is 0 Å². The Labute approximate surface area is 137 Å². The van der Waals surface area contributed by atoms with Crippen molar-refractivity contribution in [3.8, 4) is 17.0 Å². The van der Waals surface area contributed by atoms with E-state index < -0.39 is 0 Å². The van der Waals surface area contributed by atoms with Crippen molar-refractivity contribution in [3.63, 3.8) is 0 Å². The molecule has 112 valence electrons. The fourth-order valence-electron chi connectivity index (χ4n) is 2.24. The average molecular weight is 368 g/mol. The molecule has 0 amide bonds.